The lowest BCUT2D eigenvalue weighted by Gasteiger charge is -2.07. The van der Waals surface area contributed by atoms with Gasteiger partial charge in [0.25, 0.3) is 0 Å². The van der Waals surface area contributed by atoms with Gasteiger partial charge in [0.05, 0.1) is 23.5 Å². The summed E-state index contributed by atoms with van der Waals surface area (Å²) in [4.78, 5) is 10.2. The van der Waals surface area contributed by atoms with E-state index in [0.29, 0.717) is 0 Å². The number of halogens is 1. The van der Waals surface area contributed by atoms with Crippen LogP contribution in [0.25, 0.3) is 0 Å². The number of carboxylic acids is 1. The fourth-order valence-electron chi connectivity index (χ4n) is 1.06. The molecule has 0 radical (unpaired) electrons. The van der Waals surface area contributed by atoms with Crippen LogP contribution in [0.5, 0.6) is 0 Å². The molecule has 0 fully saturated rings. The van der Waals surface area contributed by atoms with Gasteiger partial charge in [-0.3, -0.25) is 9.52 Å². The first kappa shape index (κ1) is 13.2. The normalized spacial score (nSPS) is 11.1. The van der Waals surface area contributed by atoms with E-state index in [2.05, 4.69) is 4.72 Å². The Morgan fingerprint density at radius 3 is 2.65 bits per heavy atom. The molecule has 0 unspecified atom stereocenters. The molecule has 6 nitrogen and oxygen atoms in total. The van der Waals surface area contributed by atoms with E-state index >= 15 is 0 Å². The number of hydrogen-bond donors (Lipinski definition) is 3. The van der Waals surface area contributed by atoms with Gasteiger partial charge in [-0.25, -0.2) is 12.8 Å². The van der Waals surface area contributed by atoms with E-state index in [-0.39, 0.29) is 11.4 Å². The molecule has 0 aliphatic carbocycles. The zero-order chi connectivity index (χ0) is 13.1. The van der Waals surface area contributed by atoms with Crippen LogP contribution in [0.2, 0.25) is 0 Å². The summed E-state index contributed by atoms with van der Waals surface area (Å²) in [5.41, 5.74) is 5.16. The molecule has 0 heterocycles. The number of sulfonamides is 1. The highest BCUT2D eigenvalue weighted by Gasteiger charge is 2.13. The Labute approximate surface area is 97.3 Å². The number of nitrogen functional groups attached to an aromatic ring is 1. The van der Waals surface area contributed by atoms with Crippen molar-refractivity contribution < 1.29 is 22.7 Å². The van der Waals surface area contributed by atoms with Crippen LogP contribution in [0.4, 0.5) is 15.8 Å². The second kappa shape index (κ2) is 5.00. The quantitative estimate of drug-likeness (QED) is 0.674. The number of benzene rings is 1. The van der Waals surface area contributed by atoms with Gasteiger partial charge in [0.15, 0.2) is 0 Å². The number of hydrogen-bond acceptors (Lipinski definition) is 4. The summed E-state index contributed by atoms with van der Waals surface area (Å²) in [6.45, 7) is 0. The van der Waals surface area contributed by atoms with Gasteiger partial charge in [0.2, 0.25) is 10.0 Å². The van der Waals surface area contributed by atoms with Crippen LogP contribution in [0.3, 0.4) is 0 Å². The Hall–Kier alpha value is -1.83. The summed E-state index contributed by atoms with van der Waals surface area (Å²) < 4.78 is 37.7. The highest BCUT2D eigenvalue weighted by atomic mass is 32.2. The van der Waals surface area contributed by atoms with E-state index in [1.807, 2.05) is 0 Å². The van der Waals surface area contributed by atoms with Crippen molar-refractivity contribution in [3.05, 3.63) is 24.0 Å². The molecule has 0 atom stereocenters. The number of anilines is 2. The molecule has 17 heavy (non-hydrogen) atoms. The minimum atomic E-state index is -3.77. The van der Waals surface area contributed by atoms with Crippen molar-refractivity contribution in [3.63, 3.8) is 0 Å². The SMILES string of the molecule is Nc1cc(NS(=O)(=O)CCC(=O)O)ccc1F. The zero-order valence-corrected chi connectivity index (χ0v) is 9.50. The first-order chi connectivity index (χ1) is 7.80. The fraction of sp³-hybridized carbons (Fsp3) is 0.222. The van der Waals surface area contributed by atoms with Gasteiger partial charge in [-0.05, 0) is 18.2 Å². The third-order valence-corrected chi connectivity index (χ3v) is 3.14. The van der Waals surface area contributed by atoms with Crippen LogP contribution >= 0.6 is 0 Å². The molecular formula is C9H11FN2O4S. The van der Waals surface area contributed by atoms with Crippen LogP contribution in [0, 0.1) is 5.82 Å². The van der Waals surface area contributed by atoms with E-state index in [1.165, 1.54) is 6.07 Å². The Bertz CT molecular complexity index is 530. The number of carbonyl (C=O) groups is 1. The van der Waals surface area contributed by atoms with Crippen molar-refractivity contribution in [1.29, 1.82) is 0 Å². The fourth-order valence-corrected chi connectivity index (χ4v) is 2.09. The van der Waals surface area contributed by atoms with Crippen molar-refractivity contribution in [2.75, 3.05) is 16.2 Å². The Balaban J connectivity index is 2.76. The molecule has 8 heteroatoms. The summed E-state index contributed by atoms with van der Waals surface area (Å²) >= 11 is 0. The molecule has 0 spiro atoms. The maximum atomic E-state index is 12.8. The van der Waals surface area contributed by atoms with Crippen LogP contribution < -0.4 is 10.5 Å². The molecule has 0 saturated carbocycles. The van der Waals surface area contributed by atoms with Gasteiger partial charge >= 0.3 is 5.97 Å². The number of rotatable bonds is 5. The standard InChI is InChI=1S/C9H11FN2O4S/c10-7-2-1-6(5-8(7)11)12-17(15,16)4-3-9(13)14/h1-2,5,12H,3-4,11H2,(H,13,14). The van der Waals surface area contributed by atoms with E-state index < -0.39 is 34.0 Å². The Morgan fingerprint density at radius 1 is 1.47 bits per heavy atom. The molecule has 0 amide bonds. The van der Waals surface area contributed by atoms with Crippen molar-refractivity contribution in [2.24, 2.45) is 0 Å². The van der Waals surface area contributed by atoms with Crippen molar-refractivity contribution in [1.82, 2.24) is 0 Å². The van der Waals surface area contributed by atoms with Gasteiger partial charge < -0.3 is 10.8 Å². The lowest BCUT2D eigenvalue weighted by Crippen LogP contribution is -2.19. The first-order valence-electron chi connectivity index (χ1n) is 4.57. The smallest absolute Gasteiger partial charge is 0.304 e. The topological polar surface area (TPSA) is 109 Å². The third kappa shape index (κ3) is 4.27. The summed E-state index contributed by atoms with van der Waals surface area (Å²) in [6.07, 6.45) is -0.508. The van der Waals surface area contributed by atoms with Crippen molar-refractivity contribution in [3.8, 4) is 0 Å². The van der Waals surface area contributed by atoms with Gasteiger partial charge in [-0.2, -0.15) is 0 Å². The minimum absolute atomic E-state index is 0.0919. The lowest BCUT2D eigenvalue weighted by molar-refractivity contribution is -0.136. The number of nitrogens with two attached hydrogens (primary N) is 1. The summed E-state index contributed by atoms with van der Waals surface area (Å²) in [7, 11) is -3.77. The first-order valence-corrected chi connectivity index (χ1v) is 6.23. The van der Waals surface area contributed by atoms with Crippen molar-refractivity contribution in [2.45, 2.75) is 6.42 Å². The molecule has 0 aromatic heterocycles. The van der Waals surface area contributed by atoms with E-state index in [4.69, 9.17) is 10.8 Å². The Kier molecular flexibility index (Phi) is 3.89. The average molecular weight is 262 g/mol. The molecule has 0 bridgehead atoms. The van der Waals surface area contributed by atoms with Crippen LogP contribution in [0.15, 0.2) is 18.2 Å². The average Bonchev–Trinajstić information content (AvgIpc) is 2.21. The molecule has 0 aliphatic heterocycles. The lowest BCUT2D eigenvalue weighted by atomic mass is 10.3. The van der Waals surface area contributed by atoms with Gasteiger partial charge in [-0.1, -0.05) is 0 Å². The maximum absolute atomic E-state index is 12.8. The van der Waals surface area contributed by atoms with Gasteiger partial charge in [0.1, 0.15) is 5.82 Å². The second-order valence-electron chi connectivity index (χ2n) is 3.30. The molecule has 4 N–H and O–H groups in total. The molecule has 0 saturated heterocycles. The maximum Gasteiger partial charge on any atom is 0.304 e. The highest BCUT2D eigenvalue weighted by Crippen LogP contribution is 2.17. The molecule has 1 rings (SSSR count). The number of aliphatic carboxylic acids is 1. The van der Waals surface area contributed by atoms with Gasteiger partial charge in [-0.15, -0.1) is 0 Å². The molecule has 1 aromatic carbocycles. The number of carboxylic acid groups (broad SMARTS) is 1. The molecule has 94 valence electrons. The second-order valence-corrected chi connectivity index (χ2v) is 5.14. The largest absolute Gasteiger partial charge is 0.481 e. The van der Waals surface area contributed by atoms with E-state index in [1.54, 1.807) is 0 Å². The monoisotopic (exact) mass is 262 g/mol. The Morgan fingerprint density at radius 2 is 2.12 bits per heavy atom. The van der Waals surface area contributed by atoms with E-state index in [0.717, 1.165) is 12.1 Å². The predicted octanol–water partition coefficient (Wildman–Crippen LogP) is 0.624. The minimum Gasteiger partial charge on any atom is -0.481 e. The third-order valence-electron chi connectivity index (χ3n) is 1.85. The number of nitrogens with one attached hydrogen (secondary N) is 1. The summed E-state index contributed by atoms with van der Waals surface area (Å²) in [5, 5.41) is 8.36. The predicted molar refractivity (Wildman–Crippen MR) is 60.5 cm³/mol. The zero-order valence-electron chi connectivity index (χ0n) is 8.68. The molecule has 1 aromatic rings. The van der Waals surface area contributed by atoms with Crippen LogP contribution in [-0.2, 0) is 14.8 Å². The highest BCUT2D eigenvalue weighted by molar-refractivity contribution is 7.92. The van der Waals surface area contributed by atoms with E-state index in [9.17, 15) is 17.6 Å². The van der Waals surface area contributed by atoms with Gasteiger partial charge in [0, 0.05) is 0 Å². The van der Waals surface area contributed by atoms with Crippen LogP contribution in [0.1, 0.15) is 6.42 Å². The summed E-state index contributed by atoms with van der Waals surface area (Å²) in [6, 6.07) is 3.34. The summed E-state index contributed by atoms with van der Waals surface area (Å²) in [5.74, 6) is -2.42. The molecule has 0 aliphatic rings. The molecular weight excluding hydrogens is 251 g/mol. The van der Waals surface area contributed by atoms with Crippen molar-refractivity contribution >= 4 is 27.4 Å². The van der Waals surface area contributed by atoms with Crippen LogP contribution in [-0.4, -0.2) is 25.2 Å².